The number of rotatable bonds is 4. The van der Waals surface area contributed by atoms with Crippen LogP contribution in [0.3, 0.4) is 0 Å². The van der Waals surface area contributed by atoms with Crippen LogP contribution in [-0.4, -0.2) is 17.4 Å². The second-order valence-electron chi connectivity index (χ2n) is 4.37. The van der Waals surface area contributed by atoms with Crippen LogP contribution in [0.4, 0.5) is 0 Å². The Balaban J connectivity index is 2.74. The van der Waals surface area contributed by atoms with Crippen molar-refractivity contribution in [2.24, 2.45) is 0 Å². The molecule has 0 bridgehead atoms. The van der Waals surface area contributed by atoms with E-state index in [4.69, 9.17) is 0 Å². The molecule has 2 heterocycles. The molecule has 6 heteroatoms. The third-order valence-electron chi connectivity index (χ3n) is 3.10. The predicted octanol–water partition coefficient (Wildman–Crippen LogP) is 3.93. The highest BCUT2D eigenvalue weighted by atomic mass is 79.9. The van der Waals surface area contributed by atoms with Gasteiger partial charge in [0.2, 0.25) is 0 Å². The molecule has 0 spiro atoms. The van der Waals surface area contributed by atoms with Gasteiger partial charge in [-0.25, -0.2) is 12.4 Å². The Hall–Kier alpha value is -1.66. The van der Waals surface area contributed by atoms with E-state index in [1.807, 2.05) is 6.92 Å². The molecule has 0 atom stereocenters. The minimum atomic E-state index is -3.66. The zero-order valence-corrected chi connectivity index (χ0v) is 14.1. The molecule has 2 aromatic heterocycles. The Morgan fingerprint density at radius 2 is 2.19 bits per heavy atom. The van der Waals surface area contributed by atoms with Crippen LogP contribution in [0.1, 0.15) is 12.5 Å². The highest BCUT2D eigenvalue weighted by Crippen LogP contribution is 2.27. The van der Waals surface area contributed by atoms with Gasteiger partial charge in [-0.1, -0.05) is 24.8 Å². The molecule has 110 valence electrons. The molecule has 0 saturated carbocycles. The van der Waals surface area contributed by atoms with E-state index in [9.17, 15) is 8.42 Å². The topological polar surface area (TPSA) is 52.0 Å². The van der Waals surface area contributed by atoms with E-state index in [1.54, 1.807) is 31.3 Å². The fourth-order valence-corrected chi connectivity index (χ4v) is 3.77. The molecular formula is C15H15BrN2O2S. The fourth-order valence-electron chi connectivity index (χ4n) is 2.01. The molecule has 0 amide bonds. The van der Waals surface area contributed by atoms with Crippen molar-refractivity contribution in [3.05, 3.63) is 64.3 Å². The number of pyridine rings is 1. The molecule has 2 aromatic rings. The minimum absolute atomic E-state index is 0.208. The van der Waals surface area contributed by atoms with Crippen LogP contribution < -0.4 is 0 Å². The molecule has 0 aliphatic carbocycles. The normalized spacial score (nSPS) is 13.2. The maximum absolute atomic E-state index is 12.8. The average molecular weight is 367 g/mol. The summed E-state index contributed by atoms with van der Waals surface area (Å²) in [6, 6.07) is 1.69. The lowest BCUT2D eigenvalue weighted by atomic mass is 10.2. The lowest BCUT2D eigenvalue weighted by Gasteiger charge is -2.10. The SMILES string of the molecule is C=C/C=C\C(=C/C)S(=O)(=O)n1ccc2ncc(Br)c(C)c21. The van der Waals surface area contributed by atoms with Gasteiger partial charge in [-0.15, -0.1) is 0 Å². The van der Waals surface area contributed by atoms with Gasteiger partial charge in [0.05, 0.1) is 15.9 Å². The van der Waals surface area contributed by atoms with Crippen molar-refractivity contribution in [1.29, 1.82) is 0 Å². The maximum atomic E-state index is 12.8. The van der Waals surface area contributed by atoms with Crippen molar-refractivity contribution in [3.8, 4) is 0 Å². The van der Waals surface area contributed by atoms with Crippen molar-refractivity contribution in [2.75, 3.05) is 0 Å². The Morgan fingerprint density at radius 3 is 2.81 bits per heavy atom. The van der Waals surface area contributed by atoms with Crippen LogP contribution in [0.5, 0.6) is 0 Å². The highest BCUT2D eigenvalue weighted by Gasteiger charge is 2.21. The van der Waals surface area contributed by atoms with Crippen LogP contribution in [0, 0.1) is 6.92 Å². The number of halogens is 1. The molecule has 0 fully saturated rings. The highest BCUT2D eigenvalue weighted by molar-refractivity contribution is 9.10. The number of aryl methyl sites for hydroxylation is 1. The van der Waals surface area contributed by atoms with E-state index in [0.29, 0.717) is 11.0 Å². The number of aromatic nitrogens is 2. The summed E-state index contributed by atoms with van der Waals surface area (Å²) in [6.45, 7) is 7.10. The van der Waals surface area contributed by atoms with E-state index >= 15 is 0 Å². The lowest BCUT2D eigenvalue weighted by Crippen LogP contribution is -2.13. The van der Waals surface area contributed by atoms with Gasteiger partial charge in [0.1, 0.15) is 0 Å². The number of hydrogen-bond donors (Lipinski definition) is 0. The molecule has 2 rings (SSSR count). The Morgan fingerprint density at radius 1 is 1.48 bits per heavy atom. The van der Waals surface area contributed by atoms with E-state index in [-0.39, 0.29) is 4.91 Å². The van der Waals surface area contributed by atoms with Gasteiger partial charge in [-0.2, -0.15) is 0 Å². The van der Waals surface area contributed by atoms with E-state index in [1.165, 1.54) is 22.3 Å². The number of fused-ring (bicyclic) bond motifs is 1. The Kier molecular flexibility index (Phi) is 4.49. The van der Waals surface area contributed by atoms with Crippen LogP contribution in [-0.2, 0) is 10.0 Å². The largest absolute Gasteiger partial charge is 0.267 e. The van der Waals surface area contributed by atoms with Crippen LogP contribution in [0.15, 0.2) is 58.7 Å². The molecule has 0 aromatic carbocycles. The first-order valence-electron chi connectivity index (χ1n) is 6.26. The average Bonchev–Trinajstić information content (AvgIpc) is 2.89. The third kappa shape index (κ3) is 2.73. The molecule has 0 radical (unpaired) electrons. The number of hydrogen-bond acceptors (Lipinski definition) is 3. The zero-order valence-electron chi connectivity index (χ0n) is 11.7. The maximum Gasteiger partial charge on any atom is 0.267 e. The molecule has 0 unspecified atom stereocenters. The zero-order chi connectivity index (χ0) is 15.6. The predicted molar refractivity (Wildman–Crippen MR) is 89.6 cm³/mol. The van der Waals surface area contributed by atoms with Crippen molar-refractivity contribution in [3.63, 3.8) is 0 Å². The third-order valence-corrected chi connectivity index (χ3v) is 5.69. The molecule has 0 N–H and O–H groups in total. The second kappa shape index (κ2) is 5.99. The molecule has 0 saturated heterocycles. The van der Waals surface area contributed by atoms with Gasteiger partial charge in [-0.3, -0.25) is 4.98 Å². The second-order valence-corrected chi connectivity index (χ2v) is 7.04. The molecular weight excluding hydrogens is 352 g/mol. The Labute approximate surface area is 132 Å². The summed E-state index contributed by atoms with van der Waals surface area (Å²) in [4.78, 5) is 4.44. The standard InChI is InChI=1S/C15H15BrN2O2S/c1-4-6-7-12(5-2)21(19,20)18-9-8-14-15(18)11(3)13(16)10-17-14/h4-10H,1H2,2-3H3/b7-6-,12-5+. The fraction of sp³-hybridized carbons (Fsp3) is 0.133. The summed E-state index contributed by atoms with van der Waals surface area (Å²) >= 11 is 3.39. The molecule has 0 aliphatic heterocycles. The van der Waals surface area contributed by atoms with Crippen molar-refractivity contribution < 1.29 is 8.42 Å². The summed E-state index contributed by atoms with van der Waals surface area (Å²) in [7, 11) is -3.66. The van der Waals surface area contributed by atoms with E-state index in [2.05, 4.69) is 27.5 Å². The smallest absolute Gasteiger partial charge is 0.253 e. The van der Waals surface area contributed by atoms with Crippen LogP contribution in [0.25, 0.3) is 11.0 Å². The molecule has 0 aliphatic rings. The van der Waals surface area contributed by atoms with Gasteiger partial charge in [0.25, 0.3) is 10.0 Å². The van der Waals surface area contributed by atoms with Crippen molar-refractivity contribution >= 4 is 37.0 Å². The Bertz CT molecular complexity index is 861. The van der Waals surface area contributed by atoms with Crippen LogP contribution in [0.2, 0.25) is 0 Å². The monoisotopic (exact) mass is 366 g/mol. The van der Waals surface area contributed by atoms with E-state index in [0.717, 1.165) is 10.0 Å². The quantitative estimate of drug-likeness (QED) is 0.770. The first-order valence-corrected chi connectivity index (χ1v) is 8.50. The van der Waals surface area contributed by atoms with Crippen molar-refractivity contribution in [2.45, 2.75) is 13.8 Å². The summed E-state index contributed by atoms with van der Waals surface area (Å²) < 4.78 is 27.6. The van der Waals surface area contributed by atoms with Gasteiger partial charge in [-0.05, 0) is 47.5 Å². The lowest BCUT2D eigenvalue weighted by molar-refractivity contribution is 0.596. The first-order chi connectivity index (χ1) is 9.93. The van der Waals surface area contributed by atoms with Gasteiger partial charge < -0.3 is 0 Å². The number of allylic oxidation sites excluding steroid dienone is 4. The summed E-state index contributed by atoms with van der Waals surface area (Å²) in [6.07, 6.45) is 9.41. The summed E-state index contributed by atoms with van der Waals surface area (Å²) in [5, 5.41) is 0. The van der Waals surface area contributed by atoms with Gasteiger partial charge >= 0.3 is 0 Å². The van der Waals surface area contributed by atoms with Crippen molar-refractivity contribution in [1.82, 2.24) is 8.96 Å². The van der Waals surface area contributed by atoms with Crippen LogP contribution >= 0.6 is 15.9 Å². The minimum Gasteiger partial charge on any atom is -0.253 e. The number of nitrogens with zero attached hydrogens (tertiary/aromatic N) is 2. The first kappa shape index (κ1) is 15.7. The molecule has 21 heavy (non-hydrogen) atoms. The molecule has 4 nitrogen and oxygen atoms in total. The van der Waals surface area contributed by atoms with Gasteiger partial charge in [0, 0.05) is 16.9 Å². The summed E-state index contributed by atoms with van der Waals surface area (Å²) in [5.41, 5.74) is 2.05. The van der Waals surface area contributed by atoms with Gasteiger partial charge in [0.15, 0.2) is 0 Å². The summed E-state index contributed by atoms with van der Waals surface area (Å²) in [5.74, 6) is 0. The van der Waals surface area contributed by atoms with E-state index < -0.39 is 10.0 Å².